The van der Waals surface area contributed by atoms with Gasteiger partial charge in [-0.15, -0.1) is 11.3 Å². The van der Waals surface area contributed by atoms with E-state index in [9.17, 15) is 4.79 Å². The van der Waals surface area contributed by atoms with E-state index in [1.165, 1.54) is 4.88 Å². The fourth-order valence-electron chi connectivity index (χ4n) is 2.43. The Morgan fingerprint density at radius 2 is 2.26 bits per heavy atom. The molecule has 106 valence electrons. The third kappa shape index (κ3) is 3.37. The van der Waals surface area contributed by atoms with Crippen LogP contribution in [0.25, 0.3) is 0 Å². The summed E-state index contributed by atoms with van der Waals surface area (Å²) in [5.41, 5.74) is -0.644. The van der Waals surface area contributed by atoms with Crippen LogP contribution < -0.4 is 5.32 Å². The van der Waals surface area contributed by atoms with E-state index >= 15 is 0 Å². The predicted octanol–water partition coefficient (Wildman–Crippen LogP) is 2.24. The van der Waals surface area contributed by atoms with Crippen LogP contribution >= 0.6 is 27.3 Å². The molecule has 0 radical (unpaired) electrons. The number of amides is 1. The van der Waals surface area contributed by atoms with Gasteiger partial charge in [0.25, 0.3) is 5.91 Å². The highest BCUT2D eigenvalue weighted by Crippen LogP contribution is 2.27. The zero-order chi connectivity index (χ0) is 13.9. The molecule has 0 aromatic carbocycles. The van der Waals surface area contributed by atoms with Gasteiger partial charge in [-0.1, -0.05) is 0 Å². The summed E-state index contributed by atoms with van der Waals surface area (Å²) in [5, 5.41) is 5.30. The molecule has 0 spiro atoms. The number of hydrogen-bond donors (Lipinski definition) is 1. The van der Waals surface area contributed by atoms with Crippen LogP contribution in [0.15, 0.2) is 15.9 Å². The number of hydrogen-bond acceptors (Lipinski definition) is 4. The van der Waals surface area contributed by atoms with Crippen molar-refractivity contribution >= 4 is 33.2 Å². The van der Waals surface area contributed by atoms with Crippen molar-refractivity contribution in [3.63, 3.8) is 0 Å². The van der Waals surface area contributed by atoms with Crippen molar-refractivity contribution < 1.29 is 9.53 Å². The Morgan fingerprint density at radius 1 is 1.58 bits per heavy atom. The second kappa shape index (κ2) is 6.35. The van der Waals surface area contributed by atoms with Gasteiger partial charge in [0.05, 0.1) is 6.54 Å². The van der Waals surface area contributed by atoms with Crippen LogP contribution in [-0.4, -0.2) is 43.7 Å². The lowest BCUT2D eigenvalue weighted by atomic mass is 9.90. The number of carbonyl (C=O) groups excluding carboxylic acids is 1. The number of methoxy groups -OCH3 is 1. The Labute approximate surface area is 126 Å². The van der Waals surface area contributed by atoms with Gasteiger partial charge in [0.2, 0.25) is 0 Å². The smallest absolute Gasteiger partial charge is 0.254 e. The van der Waals surface area contributed by atoms with E-state index in [1.54, 1.807) is 23.3 Å². The quantitative estimate of drug-likeness (QED) is 0.908. The average molecular weight is 347 g/mol. The molecular formula is C13H19BrN2O2S. The first-order valence-electron chi connectivity index (χ1n) is 6.32. The van der Waals surface area contributed by atoms with Gasteiger partial charge in [0.1, 0.15) is 5.60 Å². The molecule has 0 atom stereocenters. The maximum atomic E-state index is 12.6. The third-order valence-electron chi connectivity index (χ3n) is 3.55. The summed E-state index contributed by atoms with van der Waals surface area (Å²) in [6.07, 6.45) is 1.47. The van der Waals surface area contributed by atoms with E-state index in [-0.39, 0.29) is 5.91 Å². The fraction of sp³-hybridized carbons (Fsp3) is 0.615. The van der Waals surface area contributed by atoms with Gasteiger partial charge in [-0.3, -0.25) is 4.79 Å². The van der Waals surface area contributed by atoms with E-state index in [2.05, 4.69) is 27.3 Å². The van der Waals surface area contributed by atoms with Crippen molar-refractivity contribution in [3.05, 3.63) is 20.8 Å². The number of ether oxygens (including phenoxy) is 1. The van der Waals surface area contributed by atoms with E-state index in [1.807, 2.05) is 12.4 Å². The summed E-state index contributed by atoms with van der Waals surface area (Å²) >= 11 is 5.09. The number of nitrogens with zero attached hydrogens (tertiary/aromatic N) is 1. The average Bonchev–Trinajstić information content (AvgIpc) is 2.84. The number of likely N-dealkylation sites (N-methyl/N-ethyl adjacent to an activating group) is 1. The molecule has 0 bridgehead atoms. The van der Waals surface area contributed by atoms with Crippen molar-refractivity contribution in [2.24, 2.45) is 0 Å². The Bertz CT molecular complexity index is 444. The highest BCUT2D eigenvalue weighted by molar-refractivity contribution is 9.10. The molecule has 1 aliphatic heterocycles. The monoisotopic (exact) mass is 346 g/mol. The van der Waals surface area contributed by atoms with Crippen LogP contribution in [0.1, 0.15) is 17.7 Å². The Hall–Kier alpha value is -0.430. The first-order valence-corrected chi connectivity index (χ1v) is 7.99. The molecule has 1 amide bonds. The van der Waals surface area contributed by atoms with E-state index in [0.717, 1.165) is 30.4 Å². The van der Waals surface area contributed by atoms with Crippen molar-refractivity contribution in [3.8, 4) is 0 Å². The summed E-state index contributed by atoms with van der Waals surface area (Å²) in [7, 11) is 3.48. The molecule has 2 heterocycles. The maximum absolute atomic E-state index is 12.6. The Balaban J connectivity index is 2.04. The zero-order valence-electron chi connectivity index (χ0n) is 11.2. The summed E-state index contributed by atoms with van der Waals surface area (Å²) in [6.45, 7) is 2.30. The van der Waals surface area contributed by atoms with Crippen molar-refractivity contribution in [1.82, 2.24) is 10.2 Å². The summed E-state index contributed by atoms with van der Waals surface area (Å²) < 4.78 is 6.63. The molecular weight excluding hydrogens is 328 g/mol. The predicted molar refractivity (Wildman–Crippen MR) is 80.3 cm³/mol. The van der Waals surface area contributed by atoms with Crippen LogP contribution in [0, 0.1) is 0 Å². The van der Waals surface area contributed by atoms with Gasteiger partial charge in [-0.25, -0.2) is 0 Å². The minimum Gasteiger partial charge on any atom is -0.368 e. The first kappa shape index (κ1) is 15.0. The SMILES string of the molecule is COC1(C(=O)N(C)Cc2cc(Br)cs2)CCNCC1. The zero-order valence-corrected chi connectivity index (χ0v) is 13.6. The topological polar surface area (TPSA) is 41.6 Å². The molecule has 1 saturated heterocycles. The van der Waals surface area contributed by atoms with Gasteiger partial charge in [0, 0.05) is 28.9 Å². The molecule has 0 saturated carbocycles. The summed E-state index contributed by atoms with van der Waals surface area (Å²) in [6, 6.07) is 2.05. The second-order valence-electron chi connectivity index (χ2n) is 4.84. The van der Waals surface area contributed by atoms with Crippen LogP contribution in [-0.2, 0) is 16.1 Å². The lowest BCUT2D eigenvalue weighted by Gasteiger charge is -2.37. The van der Waals surface area contributed by atoms with Gasteiger partial charge in [-0.05, 0) is 47.9 Å². The molecule has 0 aliphatic carbocycles. The summed E-state index contributed by atoms with van der Waals surface area (Å²) in [5.74, 6) is 0.0843. The summed E-state index contributed by atoms with van der Waals surface area (Å²) in [4.78, 5) is 15.6. The van der Waals surface area contributed by atoms with Crippen molar-refractivity contribution in [1.29, 1.82) is 0 Å². The molecule has 19 heavy (non-hydrogen) atoms. The maximum Gasteiger partial charge on any atom is 0.254 e. The molecule has 1 N–H and O–H groups in total. The minimum atomic E-state index is -0.644. The second-order valence-corrected chi connectivity index (χ2v) is 6.75. The molecule has 2 rings (SSSR count). The molecule has 0 unspecified atom stereocenters. The number of nitrogens with one attached hydrogen (secondary N) is 1. The Morgan fingerprint density at radius 3 is 2.79 bits per heavy atom. The van der Waals surface area contributed by atoms with Gasteiger partial charge < -0.3 is 15.0 Å². The highest BCUT2D eigenvalue weighted by Gasteiger charge is 2.41. The highest BCUT2D eigenvalue weighted by atomic mass is 79.9. The molecule has 1 aromatic heterocycles. The number of carbonyl (C=O) groups is 1. The third-order valence-corrected chi connectivity index (χ3v) is 5.24. The van der Waals surface area contributed by atoms with E-state index in [0.29, 0.717) is 6.54 Å². The minimum absolute atomic E-state index is 0.0843. The van der Waals surface area contributed by atoms with Gasteiger partial charge >= 0.3 is 0 Å². The number of piperidine rings is 1. The fourth-order valence-corrected chi connectivity index (χ4v) is 3.93. The van der Waals surface area contributed by atoms with E-state index < -0.39 is 5.60 Å². The van der Waals surface area contributed by atoms with Crippen LogP contribution in [0.2, 0.25) is 0 Å². The molecule has 1 aromatic rings. The number of rotatable bonds is 4. The standard InChI is InChI=1S/C13H19BrN2O2S/c1-16(8-11-7-10(14)9-19-11)12(17)13(18-2)3-5-15-6-4-13/h7,9,15H,3-6,8H2,1-2H3. The lowest BCUT2D eigenvalue weighted by molar-refractivity contribution is -0.157. The molecule has 6 heteroatoms. The first-order chi connectivity index (χ1) is 9.07. The largest absolute Gasteiger partial charge is 0.368 e. The number of halogens is 1. The van der Waals surface area contributed by atoms with Crippen molar-refractivity contribution in [2.45, 2.75) is 25.0 Å². The van der Waals surface area contributed by atoms with Gasteiger partial charge in [0.15, 0.2) is 0 Å². The van der Waals surface area contributed by atoms with Crippen LogP contribution in [0.4, 0.5) is 0 Å². The normalized spacial score (nSPS) is 18.3. The van der Waals surface area contributed by atoms with Crippen molar-refractivity contribution in [2.75, 3.05) is 27.2 Å². The Kier molecular flexibility index (Phi) is 5.00. The molecule has 4 nitrogen and oxygen atoms in total. The lowest BCUT2D eigenvalue weighted by Crippen LogP contribution is -2.54. The molecule has 1 aliphatic rings. The van der Waals surface area contributed by atoms with Crippen LogP contribution in [0.5, 0.6) is 0 Å². The van der Waals surface area contributed by atoms with Gasteiger partial charge in [-0.2, -0.15) is 0 Å². The van der Waals surface area contributed by atoms with Crippen LogP contribution in [0.3, 0.4) is 0 Å². The molecule has 1 fully saturated rings. The van der Waals surface area contributed by atoms with E-state index in [4.69, 9.17) is 4.74 Å². The number of thiophene rings is 1.